The lowest BCUT2D eigenvalue weighted by Gasteiger charge is -2.35. The molecule has 0 aliphatic carbocycles. The van der Waals surface area contributed by atoms with Crippen molar-refractivity contribution < 1.29 is 14.2 Å². The van der Waals surface area contributed by atoms with Gasteiger partial charge < -0.3 is 14.2 Å². The Bertz CT molecular complexity index is 212. The zero-order valence-corrected chi connectivity index (χ0v) is 17.4. The van der Waals surface area contributed by atoms with Crippen LogP contribution in [0.4, 0.5) is 0 Å². The molecule has 3 atom stereocenters. The minimum atomic E-state index is -0.803. The predicted molar refractivity (Wildman–Crippen MR) is 93.7 cm³/mol. The van der Waals surface area contributed by atoms with Crippen LogP contribution in [0.5, 0.6) is 0 Å². The molecule has 0 aliphatic rings. The van der Waals surface area contributed by atoms with E-state index in [1.165, 1.54) is 0 Å². The van der Waals surface area contributed by atoms with Crippen molar-refractivity contribution >= 4 is 10.2 Å². The van der Waals surface area contributed by atoms with Gasteiger partial charge in [-0.2, -0.15) is 0 Å². The minimum Gasteiger partial charge on any atom is -0.327 e. The maximum atomic E-state index is 6.11. The van der Waals surface area contributed by atoms with Crippen LogP contribution in [0.15, 0.2) is 0 Å². The van der Waals surface area contributed by atoms with E-state index in [-0.39, 0.29) is 0 Å². The molecule has 0 fully saturated rings. The molecule has 0 aromatic rings. The first kappa shape index (κ1) is 21.1. The lowest BCUT2D eigenvalue weighted by molar-refractivity contribution is -0.376. The first-order chi connectivity index (χ1) is 9.92. The highest BCUT2D eigenvalue weighted by Gasteiger charge is 2.33. The van der Waals surface area contributed by atoms with Gasteiger partial charge in [-0.05, 0) is 17.8 Å². The lowest BCUT2D eigenvalue weighted by Crippen LogP contribution is -2.42. The minimum absolute atomic E-state index is 0.539. The molecule has 0 spiro atoms. The molecule has 21 heavy (non-hydrogen) atoms. The van der Waals surface area contributed by atoms with E-state index in [2.05, 4.69) is 41.5 Å². The van der Waals surface area contributed by atoms with Gasteiger partial charge in [0.25, 0.3) is 5.97 Å². The lowest BCUT2D eigenvalue weighted by atomic mass is 10.1. The van der Waals surface area contributed by atoms with Crippen LogP contribution in [-0.4, -0.2) is 36.0 Å². The molecule has 3 unspecified atom stereocenters. The maximum absolute atomic E-state index is 6.11. The van der Waals surface area contributed by atoms with Gasteiger partial charge in [0, 0.05) is 16.3 Å². The molecule has 0 saturated carbocycles. The molecule has 0 bridgehead atoms. The first-order valence-corrected chi connectivity index (χ1v) is 10.3. The van der Waals surface area contributed by atoms with Crippen molar-refractivity contribution in [3.8, 4) is 0 Å². The molecule has 0 N–H and O–H groups in total. The Morgan fingerprint density at radius 2 is 1.00 bits per heavy atom. The largest absolute Gasteiger partial charge is 0.327 e. The zero-order valence-electron chi connectivity index (χ0n) is 15.4. The van der Waals surface area contributed by atoms with Crippen LogP contribution in [0.25, 0.3) is 0 Å². The van der Waals surface area contributed by atoms with Gasteiger partial charge >= 0.3 is 0 Å². The fraction of sp³-hybridized carbons (Fsp3) is 1.00. The van der Waals surface area contributed by atoms with Crippen LogP contribution in [-0.2, 0) is 14.2 Å². The summed E-state index contributed by atoms with van der Waals surface area (Å²) in [5, 5.41) is 0. The van der Waals surface area contributed by atoms with Gasteiger partial charge in [0.05, 0.1) is 19.8 Å². The number of hydrogen-bond donors (Lipinski definition) is 0. The molecule has 3 nitrogen and oxygen atoms in total. The summed E-state index contributed by atoms with van der Waals surface area (Å²) in [5.74, 6) is 0.814. The summed E-state index contributed by atoms with van der Waals surface area (Å²) in [6.07, 6.45) is 3.36. The second-order valence-corrected chi connectivity index (χ2v) is 7.22. The Hall–Kier alpha value is 0.0969. The third-order valence-electron chi connectivity index (χ3n) is 4.29. The fourth-order valence-corrected chi connectivity index (χ4v) is 2.20. The van der Waals surface area contributed by atoms with E-state index < -0.39 is 5.97 Å². The predicted octanol–water partition coefficient (Wildman–Crippen LogP) is 3.61. The molecular weight excluding hydrogens is 280 g/mol. The van der Waals surface area contributed by atoms with Crippen LogP contribution in [0.2, 0.25) is 6.04 Å². The molecule has 0 saturated heterocycles. The van der Waals surface area contributed by atoms with Gasteiger partial charge in [-0.15, -0.1) is 0 Å². The first-order valence-electron chi connectivity index (χ1n) is 8.84. The quantitative estimate of drug-likeness (QED) is 0.383. The van der Waals surface area contributed by atoms with Crippen molar-refractivity contribution in [3.63, 3.8) is 0 Å². The van der Waals surface area contributed by atoms with Crippen LogP contribution in [0.1, 0.15) is 60.8 Å². The van der Waals surface area contributed by atoms with Crippen LogP contribution in [0, 0.1) is 17.8 Å². The highest BCUT2D eigenvalue weighted by Crippen LogP contribution is 2.24. The van der Waals surface area contributed by atoms with Crippen molar-refractivity contribution in [3.05, 3.63) is 0 Å². The van der Waals surface area contributed by atoms with Crippen molar-refractivity contribution in [2.45, 2.75) is 72.8 Å². The molecule has 0 radical (unpaired) electrons. The summed E-state index contributed by atoms with van der Waals surface area (Å²) in [7, 11) is 1.01. The van der Waals surface area contributed by atoms with Crippen molar-refractivity contribution in [2.75, 3.05) is 19.8 Å². The molecule has 128 valence electrons. The summed E-state index contributed by atoms with van der Waals surface area (Å²) < 4.78 is 18.3. The van der Waals surface area contributed by atoms with Gasteiger partial charge in [0.1, 0.15) is 0 Å². The topological polar surface area (TPSA) is 27.7 Å². The average molecular weight is 319 g/mol. The van der Waals surface area contributed by atoms with E-state index in [4.69, 9.17) is 14.2 Å². The Balaban J connectivity index is 4.65. The van der Waals surface area contributed by atoms with Crippen molar-refractivity contribution in [1.29, 1.82) is 0 Å². The van der Waals surface area contributed by atoms with E-state index in [9.17, 15) is 0 Å². The van der Waals surface area contributed by atoms with Gasteiger partial charge in [-0.1, -0.05) is 60.8 Å². The Morgan fingerprint density at radius 1 is 0.714 bits per heavy atom. The van der Waals surface area contributed by atoms with Gasteiger partial charge in [0.15, 0.2) is 0 Å². The monoisotopic (exact) mass is 318 g/mol. The standard InChI is InChI=1S/C17H38O3Si/c1-7-14(4)10-18-17(13-21,19-11-15(5)8-2)20-12-16(6)9-3/h14-16H,7-13H2,1-6,21H3. The summed E-state index contributed by atoms with van der Waals surface area (Å²) in [6.45, 7) is 15.3. The maximum Gasteiger partial charge on any atom is 0.279 e. The van der Waals surface area contributed by atoms with E-state index in [0.717, 1.165) is 35.5 Å². The number of hydrogen-bond acceptors (Lipinski definition) is 3. The number of rotatable bonds is 13. The summed E-state index contributed by atoms with van der Waals surface area (Å²) >= 11 is 0. The zero-order chi connectivity index (χ0) is 16.3. The molecule has 0 aromatic carbocycles. The molecular formula is C17H38O3Si. The molecule has 0 heterocycles. The van der Waals surface area contributed by atoms with Crippen molar-refractivity contribution in [1.82, 2.24) is 0 Å². The molecule has 0 amide bonds. The van der Waals surface area contributed by atoms with E-state index >= 15 is 0 Å². The van der Waals surface area contributed by atoms with Gasteiger partial charge in [-0.25, -0.2) is 0 Å². The molecule has 0 aromatic heterocycles. The summed E-state index contributed by atoms with van der Waals surface area (Å²) in [4.78, 5) is 0. The molecule has 0 rings (SSSR count). The van der Waals surface area contributed by atoms with E-state index in [1.807, 2.05) is 0 Å². The third kappa shape index (κ3) is 8.96. The van der Waals surface area contributed by atoms with Gasteiger partial charge in [0.2, 0.25) is 0 Å². The normalized spacial score (nSPS) is 19.1. The highest BCUT2D eigenvalue weighted by atomic mass is 28.1. The highest BCUT2D eigenvalue weighted by molar-refractivity contribution is 6.09. The van der Waals surface area contributed by atoms with E-state index in [1.54, 1.807) is 0 Å². The van der Waals surface area contributed by atoms with Crippen LogP contribution in [0.3, 0.4) is 0 Å². The Morgan fingerprint density at radius 3 is 1.19 bits per heavy atom. The molecule has 4 heteroatoms. The van der Waals surface area contributed by atoms with Crippen molar-refractivity contribution in [2.24, 2.45) is 17.8 Å². The number of ether oxygens (including phenoxy) is 3. The summed E-state index contributed by atoms with van der Waals surface area (Å²) in [6, 6.07) is 0.857. The van der Waals surface area contributed by atoms with Crippen LogP contribution >= 0.6 is 0 Å². The smallest absolute Gasteiger partial charge is 0.279 e. The second kappa shape index (κ2) is 11.6. The Kier molecular flexibility index (Phi) is 11.7. The van der Waals surface area contributed by atoms with Gasteiger partial charge in [-0.3, -0.25) is 0 Å². The second-order valence-electron chi connectivity index (χ2n) is 6.51. The SMILES string of the molecule is CCC(C)COC(C[SiH3])(OCC(C)CC)OCC(C)CC. The van der Waals surface area contributed by atoms with Crippen LogP contribution < -0.4 is 0 Å². The van der Waals surface area contributed by atoms with E-state index in [0.29, 0.717) is 37.6 Å². The summed E-state index contributed by atoms with van der Waals surface area (Å²) in [5.41, 5.74) is 0. The molecule has 0 aliphatic heterocycles. The fourth-order valence-electron chi connectivity index (χ4n) is 1.59. The Labute approximate surface area is 135 Å². The third-order valence-corrected chi connectivity index (χ3v) is 5.15. The average Bonchev–Trinajstić information content (AvgIpc) is 2.53.